The van der Waals surface area contributed by atoms with Crippen molar-refractivity contribution in [3.05, 3.63) is 63.7 Å². The number of carbonyl (C=O) groups is 2. The van der Waals surface area contributed by atoms with Crippen molar-refractivity contribution in [1.29, 1.82) is 0 Å². The highest BCUT2D eigenvalue weighted by atomic mass is 35.5. The second-order valence-electron chi connectivity index (χ2n) is 5.79. The van der Waals surface area contributed by atoms with Crippen molar-refractivity contribution in [2.75, 3.05) is 5.32 Å². The van der Waals surface area contributed by atoms with E-state index in [1.54, 1.807) is 24.3 Å². The Morgan fingerprint density at radius 1 is 1.08 bits per heavy atom. The summed E-state index contributed by atoms with van der Waals surface area (Å²) in [5.74, 6) is -1.01. The van der Waals surface area contributed by atoms with Crippen LogP contribution in [-0.2, 0) is 9.53 Å². The Balaban J connectivity index is 2.08. The molecule has 0 radical (unpaired) electrons. The van der Waals surface area contributed by atoms with Gasteiger partial charge in [-0.05, 0) is 51.0 Å². The summed E-state index contributed by atoms with van der Waals surface area (Å²) in [7, 11) is 0. The van der Waals surface area contributed by atoms with E-state index in [1.807, 2.05) is 32.9 Å². The molecule has 2 aromatic rings. The van der Waals surface area contributed by atoms with Gasteiger partial charge in [0.15, 0.2) is 6.10 Å². The summed E-state index contributed by atoms with van der Waals surface area (Å²) in [6.07, 6.45) is -0.936. The van der Waals surface area contributed by atoms with Crippen molar-refractivity contribution in [3.63, 3.8) is 0 Å². The third-order valence-corrected chi connectivity index (χ3v) is 4.00. The highest BCUT2D eigenvalue weighted by Crippen LogP contribution is 2.22. The average Bonchev–Trinajstić information content (AvgIpc) is 2.50. The van der Waals surface area contributed by atoms with Crippen LogP contribution in [0, 0.1) is 20.8 Å². The molecule has 0 spiro atoms. The molecule has 0 aromatic heterocycles. The molecule has 4 nitrogen and oxygen atoms in total. The van der Waals surface area contributed by atoms with Crippen molar-refractivity contribution in [1.82, 2.24) is 0 Å². The van der Waals surface area contributed by atoms with E-state index in [-0.39, 0.29) is 11.5 Å². The maximum atomic E-state index is 12.3. The van der Waals surface area contributed by atoms with Gasteiger partial charge in [0.25, 0.3) is 5.91 Å². The number of ether oxygens (including phenoxy) is 1. The van der Waals surface area contributed by atoms with Gasteiger partial charge in [-0.1, -0.05) is 41.4 Å². The molecular weight excluding hydrogens is 326 g/mol. The molecule has 0 aliphatic carbocycles. The van der Waals surface area contributed by atoms with E-state index in [9.17, 15) is 9.59 Å². The number of esters is 1. The molecule has 5 heteroatoms. The molecule has 1 unspecified atom stereocenters. The number of anilines is 1. The van der Waals surface area contributed by atoms with Crippen LogP contribution in [0.1, 0.15) is 34.0 Å². The first-order valence-corrected chi connectivity index (χ1v) is 8.01. The molecule has 1 amide bonds. The zero-order valence-electron chi connectivity index (χ0n) is 14.1. The van der Waals surface area contributed by atoms with Crippen molar-refractivity contribution >= 4 is 29.2 Å². The maximum absolute atomic E-state index is 12.3. The minimum Gasteiger partial charge on any atom is -0.449 e. The van der Waals surface area contributed by atoms with Crippen LogP contribution < -0.4 is 5.32 Å². The van der Waals surface area contributed by atoms with Gasteiger partial charge >= 0.3 is 5.97 Å². The predicted octanol–water partition coefficient (Wildman–Crippen LogP) is 4.45. The van der Waals surface area contributed by atoms with Crippen LogP contribution >= 0.6 is 11.6 Å². The van der Waals surface area contributed by atoms with Crippen LogP contribution in [0.3, 0.4) is 0 Å². The molecule has 2 aromatic carbocycles. The van der Waals surface area contributed by atoms with Gasteiger partial charge in [0, 0.05) is 5.69 Å². The van der Waals surface area contributed by atoms with E-state index in [0.717, 1.165) is 22.4 Å². The van der Waals surface area contributed by atoms with Gasteiger partial charge in [0.1, 0.15) is 0 Å². The van der Waals surface area contributed by atoms with E-state index in [0.29, 0.717) is 5.02 Å². The highest BCUT2D eigenvalue weighted by Gasteiger charge is 2.21. The second kappa shape index (κ2) is 7.49. The molecule has 1 atom stereocenters. The zero-order valence-corrected chi connectivity index (χ0v) is 14.9. The van der Waals surface area contributed by atoms with Gasteiger partial charge in [-0.15, -0.1) is 0 Å². The Hall–Kier alpha value is -2.33. The molecule has 0 aliphatic rings. The van der Waals surface area contributed by atoms with Crippen LogP contribution in [0.15, 0.2) is 36.4 Å². The maximum Gasteiger partial charge on any atom is 0.340 e. The van der Waals surface area contributed by atoms with Crippen LogP contribution in [-0.4, -0.2) is 18.0 Å². The van der Waals surface area contributed by atoms with E-state index >= 15 is 0 Å². The molecule has 1 N–H and O–H groups in total. The molecule has 0 saturated carbocycles. The van der Waals surface area contributed by atoms with Crippen LogP contribution in [0.4, 0.5) is 5.69 Å². The average molecular weight is 346 g/mol. The minimum absolute atomic E-state index is 0.238. The number of benzene rings is 2. The molecule has 24 heavy (non-hydrogen) atoms. The highest BCUT2D eigenvalue weighted by molar-refractivity contribution is 6.33. The SMILES string of the molecule is Cc1cc(C)c(NC(=O)C(C)OC(=O)c2ccccc2Cl)c(C)c1. The van der Waals surface area contributed by atoms with Crippen molar-refractivity contribution < 1.29 is 14.3 Å². The van der Waals surface area contributed by atoms with Crippen molar-refractivity contribution in [2.24, 2.45) is 0 Å². The third-order valence-electron chi connectivity index (χ3n) is 3.67. The lowest BCUT2D eigenvalue weighted by molar-refractivity contribution is -0.123. The topological polar surface area (TPSA) is 55.4 Å². The summed E-state index contributed by atoms with van der Waals surface area (Å²) >= 11 is 5.97. The number of aryl methyl sites for hydroxylation is 3. The Bertz CT molecular complexity index is 763. The summed E-state index contributed by atoms with van der Waals surface area (Å²) in [5, 5.41) is 3.12. The Morgan fingerprint density at radius 3 is 2.25 bits per heavy atom. The lowest BCUT2D eigenvalue weighted by Crippen LogP contribution is -2.30. The van der Waals surface area contributed by atoms with Gasteiger partial charge in [-0.2, -0.15) is 0 Å². The van der Waals surface area contributed by atoms with E-state index in [4.69, 9.17) is 16.3 Å². The Labute approximate surface area is 146 Å². The lowest BCUT2D eigenvalue weighted by atomic mass is 10.0. The van der Waals surface area contributed by atoms with Crippen LogP contribution in [0.5, 0.6) is 0 Å². The number of nitrogens with one attached hydrogen (secondary N) is 1. The fourth-order valence-electron chi connectivity index (χ4n) is 2.51. The molecule has 0 heterocycles. The molecule has 0 fully saturated rings. The number of hydrogen-bond donors (Lipinski definition) is 1. The monoisotopic (exact) mass is 345 g/mol. The molecule has 2 rings (SSSR count). The van der Waals surface area contributed by atoms with Gasteiger partial charge in [0.05, 0.1) is 10.6 Å². The van der Waals surface area contributed by atoms with Gasteiger partial charge in [-0.25, -0.2) is 4.79 Å². The summed E-state index contributed by atoms with van der Waals surface area (Å²) < 4.78 is 5.22. The molecular formula is C19H20ClNO3. The second-order valence-corrected chi connectivity index (χ2v) is 6.20. The number of carbonyl (C=O) groups excluding carboxylic acids is 2. The number of hydrogen-bond acceptors (Lipinski definition) is 3. The summed E-state index contributed by atoms with van der Waals surface area (Å²) in [6.45, 7) is 7.38. The molecule has 126 valence electrons. The first-order valence-electron chi connectivity index (χ1n) is 7.64. The predicted molar refractivity (Wildman–Crippen MR) is 95.6 cm³/mol. The Morgan fingerprint density at radius 2 is 1.67 bits per heavy atom. The smallest absolute Gasteiger partial charge is 0.340 e. The van der Waals surface area contributed by atoms with Crippen LogP contribution in [0.25, 0.3) is 0 Å². The third kappa shape index (κ3) is 4.15. The van der Waals surface area contributed by atoms with E-state index in [2.05, 4.69) is 5.32 Å². The van der Waals surface area contributed by atoms with Gasteiger partial charge in [-0.3, -0.25) is 4.79 Å². The number of amides is 1. The van der Waals surface area contributed by atoms with Crippen molar-refractivity contribution in [3.8, 4) is 0 Å². The van der Waals surface area contributed by atoms with Gasteiger partial charge < -0.3 is 10.1 Å². The van der Waals surface area contributed by atoms with Crippen LogP contribution in [0.2, 0.25) is 5.02 Å². The standard InChI is InChI=1S/C19H20ClNO3/c1-11-9-12(2)17(13(3)10-11)21-18(22)14(4)24-19(23)15-7-5-6-8-16(15)20/h5-10,14H,1-4H3,(H,21,22). The zero-order chi connectivity index (χ0) is 17.9. The Kier molecular flexibility index (Phi) is 5.62. The lowest BCUT2D eigenvalue weighted by Gasteiger charge is -2.17. The molecule has 0 bridgehead atoms. The summed E-state index contributed by atoms with van der Waals surface area (Å²) in [5.41, 5.74) is 4.03. The summed E-state index contributed by atoms with van der Waals surface area (Å²) in [4.78, 5) is 24.5. The largest absolute Gasteiger partial charge is 0.449 e. The summed E-state index contributed by atoms with van der Waals surface area (Å²) in [6, 6.07) is 10.5. The fourth-order valence-corrected chi connectivity index (χ4v) is 2.72. The minimum atomic E-state index is -0.936. The molecule has 0 saturated heterocycles. The van der Waals surface area contributed by atoms with E-state index < -0.39 is 12.1 Å². The number of rotatable bonds is 4. The first-order chi connectivity index (χ1) is 11.3. The molecule has 0 aliphatic heterocycles. The van der Waals surface area contributed by atoms with E-state index in [1.165, 1.54) is 6.92 Å². The van der Waals surface area contributed by atoms with Gasteiger partial charge in [0.2, 0.25) is 0 Å². The van der Waals surface area contributed by atoms with Crippen molar-refractivity contribution in [2.45, 2.75) is 33.8 Å². The number of halogens is 1. The normalized spacial score (nSPS) is 11.7. The fraction of sp³-hybridized carbons (Fsp3) is 0.263. The quantitative estimate of drug-likeness (QED) is 0.833. The first kappa shape index (κ1) is 18.0.